The highest BCUT2D eigenvalue weighted by molar-refractivity contribution is 9.72. The molecule has 0 nitrogen and oxygen atoms in total. The van der Waals surface area contributed by atoms with E-state index in [-0.39, 0.29) is 5.41 Å². The molecule has 7 heteroatoms. The van der Waals surface area contributed by atoms with E-state index in [1.165, 1.54) is 0 Å². The summed E-state index contributed by atoms with van der Waals surface area (Å²) in [5.41, 5.74) is 0.939. The molecule has 2 rings (SSSR count). The Morgan fingerprint density at radius 2 is 1.23 bits per heavy atom. The predicted molar refractivity (Wildman–Crippen MR) is 124 cm³/mol. The predicted octanol–water partition coefficient (Wildman–Crippen LogP) is 8.60. The lowest BCUT2D eigenvalue weighted by molar-refractivity contribution is 0.424. The summed E-state index contributed by atoms with van der Waals surface area (Å²) in [6.07, 6.45) is 0. The molecule has 0 saturated carbocycles. The van der Waals surface area contributed by atoms with Crippen LogP contribution < -0.4 is 0 Å². The number of rotatable bonds is 1. The second-order valence-electron chi connectivity index (χ2n) is 9.55. The Morgan fingerprint density at radius 3 is 1.45 bits per heavy atom. The summed E-state index contributed by atoms with van der Waals surface area (Å²) in [6, 6.07) is 0. The van der Waals surface area contributed by atoms with Gasteiger partial charge < -0.3 is 42.2 Å². The number of hydrogen-bond donors (Lipinski definition) is 0. The Kier molecular flexibility index (Phi) is 5.38. The lowest BCUT2D eigenvalue weighted by atomic mass is 9.98. The first-order valence-electron chi connectivity index (χ1n) is 7.73. The molecule has 126 valence electrons. The normalized spacial score (nSPS) is 34.0. The van der Waals surface area contributed by atoms with Crippen molar-refractivity contribution in [2.45, 2.75) is 66.1 Å². The summed E-state index contributed by atoms with van der Waals surface area (Å²) >= 11 is 12.4. The van der Waals surface area contributed by atoms with Crippen molar-refractivity contribution in [1.82, 2.24) is 0 Å². The van der Waals surface area contributed by atoms with Crippen LogP contribution in [0.25, 0.3) is 0 Å². The van der Waals surface area contributed by atoms with E-state index in [1.54, 1.807) is 16.1 Å². The average molecular weight is 567 g/mol. The van der Waals surface area contributed by atoms with E-state index in [2.05, 4.69) is 104 Å². The summed E-state index contributed by atoms with van der Waals surface area (Å²) in [5, 5.41) is 3.70. The van der Waals surface area contributed by atoms with Gasteiger partial charge in [0.1, 0.15) is 24.9 Å². The molecule has 2 heterocycles. The smallest absolute Gasteiger partial charge is 0.372 e. The molecule has 2 atom stereocenters. The molecule has 22 heavy (non-hydrogen) atoms. The first-order valence-corrected chi connectivity index (χ1v) is 22.1. The standard InChI is InChI=1S/C15H27P3.Al.3BrH/c1-13(2,3)10-16-11(14(4,5)6)18(10)12(17-18)15(7,8)9;;;;/h1-9H3;;3*1H/q+1;+2;;;/p-3. The second kappa shape index (κ2) is 5.62. The van der Waals surface area contributed by atoms with E-state index < -0.39 is 14.5 Å². The largest absolute Gasteiger partial charge is 0.431 e. The van der Waals surface area contributed by atoms with E-state index in [0.717, 1.165) is 0 Å². The number of halogens is 3. The molecule has 0 radical (unpaired) electrons. The zero-order valence-electron chi connectivity index (χ0n) is 15.1. The Labute approximate surface area is 163 Å². The van der Waals surface area contributed by atoms with Gasteiger partial charge in [-0.1, -0.05) is 70.5 Å². The lowest BCUT2D eigenvalue weighted by Gasteiger charge is -2.59. The van der Waals surface area contributed by atoms with Gasteiger partial charge >= 0.3 is 7.60 Å². The SMILES string of the molecule is CC(C)(C)C1=P[C](C(C)(C)C)([Al-]([Br])([Br])[Br])[P+]12P=C2C(C)(C)C. The Balaban J connectivity index is 2.70. The van der Waals surface area contributed by atoms with Gasteiger partial charge in [-0.15, -0.1) is 0 Å². The maximum Gasteiger partial charge on any atom is 0.431 e. The zero-order chi connectivity index (χ0) is 17.6. The van der Waals surface area contributed by atoms with Gasteiger partial charge in [-0.25, -0.2) is 0 Å². The molecule has 2 unspecified atom stereocenters. The number of hydrogen-bond acceptors (Lipinski definition) is 0. The van der Waals surface area contributed by atoms with Gasteiger partial charge in [-0.2, -0.15) is 0 Å². The highest BCUT2D eigenvalue weighted by atomic mass is 80.0. The second-order valence-corrected chi connectivity index (χ2v) is 44.3. The molecule has 0 fully saturated rings. The molecule has 0 aromatic rings. The highest BCUT2D eigenvalue weighted by Crippen LogP contribution is 3.07. The van der Waals surface area contributed by atoms with E-state index >= 15 is 0 Å². The summed E-state index contributed by atoms with van der Waals surface area (Å²) in [6.45, 7) is 20.7. The van der Waals surface area contributed by atoms with Gasteiger partial charge in [0.05, 0.1) is 0 Å². The van der Waals surface area contributed by atoms with Gasteiger partial charge in [0.2, 0.25) is 0 Å². The van der Waals surface area contributed by atoms with Crippen molar-refractivity contribution in [3.63, 3.8) is 0 Å². The van der Waals surface area contributed by atoms with Gasteiger partial charge in [-0.3, -0.25) is 0 Å². The molecule has 1 spiro atoms. The van der Waals surface area contributed by atoms with Crippen LogP contribution in [0.2, 0.25) is 0 Å². The fourth-order valence-electron chi connectivity index (χ4n) is 3.65. The van der Waals surface area contributed by atoms with Crippen LogP contribution in [0.1, 0.15) is 62.3 Å². The summed E-state index contributed by atoms with van der Waals surface area (Å²) in [7, 11) is 1.09. The molecule has 0 amide bonds. The van der Waals surface area contributed by atoms with Gasteiger partial charge in [0.15, 0.2) is 0 Å². The molecule has 0 bridgehead atoms. The average Bonchev–Trinajstić information content (AvgIpc) is 2.83. The van der Waals surface area contributed by atoms with Crippen LogP contribution in [0.5, 0.6) is 0 Å². The molecular weight excluding hydrogens is 540 g/mol. The van der Waals surface area contributed by atoms with Crippen molar-refractivity contribution < 1.29 is 0 Å². The van der Waals surface area contributed by atoms with E-state index in [9.17, 15) is 0 Å². The van der Waals surface area contributed by atoms with Crippen LogP contribution in [0.3, 0.4) is 0 Å². The molecule has 2 aliphatic heterocycles. The minimum absolute atomic E-state index is 0.290. The molecule has 0 aromatic heterocycles. The zero-order valence-corrected chi connectivity index (χ0v) is 23.6. The highest BCUT2D eigenvalue weighted by Gasteiger charge is 2.85. The van der Waals surface area contributed by atoms with Crippen LogP contribution in [-0.2, 0) is 0 Å². The van der Waals surface area contributed by atoms with Gasteiger partial charge in [0.25, 0.3) is 0 Å². The minimum atomic E-state index is -2.18. The molecule has 0 N–H and O–H groups in total. The maximum atomic E-state index is 4.14. The Hall–Kier alpha value is 2.74. The molecule has 0 aliphatic carbocycles. The van der Waals surface area contributed by atoms with Gasteiger partial charge in [0, 0.05) is 14.6 Å². The van der Waals surface area contributed by atoms with Crippen LogP contribution in [-0.4, -0.2) is 21.4 Å². The van der Waals surface area contributed by atoms with Crippen molar-refractivity contribution in [2.75, 3.05) is 0 Å². The Morgan fingerprint density at radius 1 is 0.818 bits per heavy atom. The first kappa shape index (κ1) is 21.0. The van der Waals surface area contributed by atoms with Crippen molar-refractivity contribution in [2.24, 2.45) is 16.2 Å². The molecule has 0 saturated heterocycles. The maximum absolute atomic E-state index is 4.14. The lowest BCUT2D eigenvalue weighted by Crippen LogP contribution is -2.58. The molecular formula is C15H27AlBr3P3. The summed E-state index contributed by atoms with van der Waals surface area (Å²) < 4.78 is 0.375. The fourth-order valence-corrected chi connectivity index (χ4v) is 49.5. The van der Waals surface area contributed by atoms with E-state index in [0.29, 0.717) is 14.6 Å². The molecule has 2 aliphatic rings. The van der Waals surface area contributed by atoms with Crippen LogP contribution >= 0.6 is 65.2 Å². The monoisotopic (exact) mass is 564 g/mol. The van der Waals surface area contributed by atoms with Crippen molar-refractivity contribution in [1.29, 1.82) is 0 Å². The third-order valence-corrected chi connectivity index (χ3v) is 37.8. The molecule has 0 aromatic carbocycles. The summed E-state index contributed by atoms with van der Waals surface area (Å²) in [5.74, 6) is 0. The summed E-state index contributed by atoms with van der Waals surface area (Å²) in [4.78, 5) is 0. The topological polar surface area (TPSA) is 0 Å². The van der Waals surface area contributed by atoms with Crippen LogP contribution in [0.15, 0.2) is 0 Å². The van der Waals surface area contributed by atoms with Crippen molar-refractivity contribution in [3.8, 4) is 0 Å². The van der Waals surface area contributed by atoms with Crippen LogP contribution in [0, 0.1) is 16.2 Å². The van der Waals surface area contributed by atoms with Crippen molar-refractivity contribution in [3.05, 3.63) is 0 Å². The van der Waals surface area contributed by atoms with E-state index in [1.807, 2.05) is 10.1 Å². The quantitative estimate of drug-likeness (QED) is 0.220. The van der Waals surface area contributed by atoms with Gasteiger partial charge in [-0.05, 0) is 5.41 Å². The minimum Gasteiger partial charge on any atom is -0.372 e. The third-order valence-electron chi connectivity index (χ3n) is 4.49. The Bertz CT molecular complexity index is 557. The van der Waals surface area contributed by atoms with E-state index in [4.69, 9.17) is 0 Å². The first-order chi connectivity index (χ1) is 9.43. The van der Waals surface area contributed by atoms with Crippen molar-refractivity contribution >= 4 is 82.9 Å². The third kappa shape index (κ3) is 2.82. The van der Waals surface area contributed by atoms with Crippen LogP contribution in [0.4, 0.5) is 0 Å². The fraction of sp³-hybridized carbons (Fsp3) is 0.867.